The van der Waals surface area contributed by atoms with Crippen molar-refractivity contribution in [2.45, 2.75) is 31.8 Å². The number of carbonyl (C=O) groups is 5. The number of amides is 4. The van der Waals surface area contributed by atoms with Crippen LogP contribution in [0.15, 0.2) is 24.3 Å². The summed E-state index contributed by atoms with van der Waals surface area (Å²) in [6.07, 6.45) is 0.379. The monoisotopic (exact) mass is 399 g/mol. The number of rotatable bonds is 4. The van der Waals surface area contributed by atoms with E-state index in [1.54, 1.807) is 12.1 Å². The molecule has 3 aliphatic heterocycles. The van der Waals surface area contributed by atoms with Crippen LogP contribution in [0, 0.1) is 5.41 Å². The van der Waals surface area contributed by atoms with Crippen molar-refractivity contribution in [3.8, 4) is 0 Å². The van der Waals surface area contributed by atoms with Crippen LogP contribution >= 0.6 is 0 Å². The Morgan fingerprint density at radius 1 is 1.17 bits per heavy atom. The molecule has 1 spiro atoms. The summed E-state index contributed by atoms with van der Waals surface area (Å²) in [6.45, 7) is 1.45. The van der Waals surface area contributed by atoms with Crippen LogP contribution < -0.4 is 5.32 Å². The van der Waals surface area contributed by atoms with Gasteiger partial charge in [-0.2, -0.15) is 0 Å². The molecule has 3 heterocycles. The number of hydrogen-bond acceptors (Lipinski definition) is 7. The van der Waals surface area contributed by atoms with Crippen LogP contribution in [0.1, 0.15) is 35.2 Å². The lowest BCUT2D eigenvalue weighted by atomic mass is 9.78. The highest BCUT2D eigenvalue weighted by molar-refractivity contribution is 6.11. The van der Waals surface area contributed by atoms with Gasteiger partial charge in [0.15, 0.2) is 0 Å². The van der Waals surface area contributed by atoms with E-state index in [0.717, 1.165) is 10.5 Å². The standard InChI is InChI=1S/C20H21N3O6/c1-29-18(27)13-4-2-12(3-5-13)9-22-10-20(11-22)8-16(25)23(19(20)28)14-6-7-15(24)21-17(14)26/h2-5,14H,6-11H2,1H3,(H,21,24,26). The second-order valence-corrected chi connectivity index (χ2v) is 7.83. The average Bonchev–Trinajstić information content (AvgIpc) is 2.92. The van der Waals surface area contributed by atoms with E-state index >= 15 is 0 Å². The number of hydrogen-bond donors (Lipinski definition) is 1. The van der Waals surface area contributed by atoms with E-state index in [-0.39, 0.29) is 37.0 Å². The van der Waals surface area contributed by atoms with Crippen LogP contribution in [0.25, 0.3) is 0 Å². The Morgan fingerprint density at radius 3 is 2.48 bits per heavy atom. The lowest BCUT2D eigenvalue weighted by Crippen LogP contribution is -2.61. The number of nitrogens with zero attached hydrogens (tertiary/aromatic N) is 2. The molecule has 1 aromatic carbocycles. The van der Waals surface area contributed by atoms with E-state index in [4.69, 9.17) is 0 Å². The molecule has 0 aliphatic carbocycles. The number of esters is 1. The van der Waals surface area contributed by atoms with Gasteiger partial charge in [0.1, 0.15) is 6.04 Å². The molecule has 0 radical (unpaired) electrons. The van der Waals surface area contributed by atoms with Crippen LogP contribution in [0.4, 0.5) is 0 Å². The molecular formula is C20H21N3O6. The van der Waals surface area contributed by atoms with Crippen molar-refractivity contribution in [2.75, 3.05) is 20.2 Å². The van der Waals surface area contributed by atoms with Gasteiger partial charge < -0.3 is 4.74 Å². The highest BCUT2D eigenvalue weighted by atomic mass is 16.5. The fraction of sp³-hybridized carbons (Fsp3) is 0.450. The van der Waals surface area contributed by atoms with Crippen molar-refractivity contribution in [1.82, 2.24) is 15.1 Å². The summed E-state index contributed by atoms with van der Waals surface area (Å²) in [6, 6.07) is 6.13. The molecule has 1 aromatic rings. The van der Waals surface area contributed by atoms with Crippen molar-refractivity contribution >= 4 is 29.6 Å². The van der Waals surface area contributed by atoms with E-state index in [2.05, 4.69) is 10.1 Å². The molecule has 9 nitrogen and oxygen atoms in total. The van der Waals surface area contributed by atoms with Crippen molar-refractivity contribution in [2.24, 2.45) is 5.41 Å². The van der Waals surface area contributed by atoms with Crippen molar-refractivity contribution in [3.05, 3.63) is 35.4 Å². The predicted octanol–water partition coefficient (Wildman–Crippen LogP) is -0.161. The van der Waals surface area contributed by atoms with E-state index in [1.807, 2.05) is 17.0 Å². The first-order valence-corrected chi connectivity index (χ1v) is 9.43. The molecule has 1 N–H and O–H groups in total. The summed E-state index contributed by atoms with van der Waals surface area (Å²) < 4.78 is 4.68. The first-order valence-electron chi connectivity index (χ1n) is 9.43. The number of carbonyl (C=O) groups excluding carboxylic acids is 5. The van der Waals surface area contributed by atoms with Gasteiger partial charge in [0.05, 0.1) is 18.1 Å². The van der Waals surface area contributed by atoms with Crippen molar-refractivity contribution < 1.29 is 28.7 Å². The minimum Gasteiger partial charge on any atom is -0.465 e. The largest absolute Gasteiger partial charge is 0.465 e. The van der Waals surface area contributed by atoms with Gasteiger partial charge in [0.25, 0.3) is 0 Å². The maximum atomic E-state index is 13.0. The lowest BCUT2D eigenvalue weighted by Gasteiger charge is -2.46. The maximum Gasteiger partial charge on any atom is 0.337 e. The van der Waals surface area contributed by atoms with Gasteiger partial charge >= 0.3 is 5.97 Å². The maximum absolute atomic E-state index is 13.0. The number of likely N-dealkylation sites (tertiary alicyclic amines) is 2. The molecule has 152 valence electrons. The topological polar surface area (TPSA) is 113 Å². The Hall–Kier alpha value is -3.07. The minimum absolute atomic E-state index is 0.0847. The van der Waals surface area contributed by atoms with Gasteiger partial charge in [-0.25, -0.2) is 4.79 Å². The molecule has 4 rings (SSSR count). The fourth-order valence-electron chi connectivity index (χ4n) is 4.35. The quantitative estimate of drug-likeness (QED) is 0.553. The second-order valence-electron chi connectivity index (χ2n) is 7.83. The molecule has 9 heteroatoms. The van der Waals surface area contributed by atoms with E-state index in [9.17, 15) is 24.0 Å². The normalized spacial score (nSPS) is 23.9. The highest BCUT2D eigenvalue weighted by Crippen LogP contribution is 2.43. The molecule has 1 atom stereocenters. The van der Waals surface area contributed by atoms with Crippen molar-refractivity contribution in [3.63, 3.8) is 0 Å². The minimum atomic E-state index is -0.896. The molecule has 4 amide bonds. The molecule has 29 heavy (non-hydrogen) atoms. The van der Waals surface area contributed by atoms with Gasteiger partial charge in [-0.3, -0.25) is 34.3 Å². The van der Waals surface area contributed by atoms with E-state index in [1.165, 1.54) is 7.11 Å². The zero-order valence-electron chi connectivity index (χ0n) is 16.0. The predicted molar refractivity (Wildman–Crippen MR) is 98.1 cm³/mol. The summed E-state index contributed by atoms with van der Waals surface area (Å²) in [5.41, 5.74) is 0.657. The third kappa shape index (κ3) is 3.31. The van der Waals surface area contributed by atoms with Crippen molar-refractivity contribution in [1.29, 1.82) is 0 Å². The summed E-state index contributed by atoms with van der Waals surface area (Å²) in [4.78, 5) is 63.5. The number of imide groups is 2. The second kappa shape index (κ2) is 7.07. The lowest BCUT2D eigenvalue weighted by molar-refractivity contribution is -0.155. The number of methoxy groups -OCH3 is 1. The average molecular weight is 399 g/mol. The van der Waals surface area contributed by atoms with Gasteiger partial charge in [-0.15, -0.1) is 0 Å². The van der Waals surface area contributed by atoms with Gasteiger partial charge in [0, 0.05) is 32.5 Å². The smallest absolute Gasteiger partial charge is 0.337 e. The third-order valence-electron chi connectivity index (χ3n) is 5.79. The fourth-order valence-corrected chi connectivity index (χ4v) is 4.35. The zero-order valence-corrected chi connectivity index (χ0v) is 16.0. The van der Waals surface area contributed by atoms with Crippen LogP contribution in [0.3, 0.4) is 0 Å². The SMILES string of the molecule is COC(=O)c1ccc(CN2CC3(CC(=O)N(C4CCC(=O)NC4=O)C3=O)C2)cc1. The summed E-state index contributed by atoms with van der Waals surface area (Å²) in [5.74, 6) is -2.04. The Balaban J connectivity index is 1.39. The Kier molecular flexibility index (Phi) is 4.70. The van der Waals surface area contributed by atoms with Crippen LogP contribution in [0.2, 0.25) is 0 Å². The Bertz CT molecular complexity index is 903. The first-order chi connectivity index (χ1) is 13.8. The van der Waals surface area contributed by atoms with Crippen LogP contribution in [-0.4, -0.2) is 65.6 Å². The molecular weight excluding hydrogens is 378 g/mol. The molecule has 0 bridgehead atoms. The van der Waals surface area contributed by atoms with E-state index < -0.39 is 23.3 Å². The number of piperidine rings is 1. The number of benzene rings is 1. The Morgan fingerprint density at radius 2 is 1.86 bits per heavy atom. The highest BCUT2D eigenvalue weighted by Gasteiger charge is 2.60. The molecule has 0 saturated carbocycles. The third-order valence-corrected chi connectivity index (χ3v) is 5.79. The number of nitrogens with one attached hydrogen (secondary N) is 1. The van der Waals surface area contributed by atoms with Crippen LogP contribution in [0.5, 0.6) is 0 Å². The first kappa shape index (κ1) is 19.3. The number of ether oxygens (including phenoxy) is 1. The molecule has 0 aromatic heterocycles. The van der Waals surface area contributed by atoms with Crippen LogP contribution in [-0.2, 0) is 30.5 Å². The van der Waals surface area contributed by atoms with Gasteiger partial charge in [-0.05, 0) is 24.1 Å². The molecule has 1 unspecified atom stereocenters. The van der Waals surface area contributed by atoms with E-state index in [0.29, 0.717) is 25.2 Å². The molecule has 3 aliphatic rings. The summed E-state index contributed by atoms with van der Waals surface area (Å²) >= 11 is 0. The molecule has 3 saturated heterocycles. The summed E-state index contributed by atoms with van der Waals surface area (Å²) in [7, 11) is 1.33. The summed E-state index contributed by atoms with van der Waals surface area (Å²) in [5, 5.41) is 2.20. The zero-order chi connectivity index (χ0) is 20.8. The van der Waals surface area contributed by atoms with Gasteiger partial charge in [-0.1, -0.05) is 12.1 Å². The van der Waals surface area contributed by atoms with Gasteiger partial charge in [0.2, 0.25) is 23.6 Å². The Labute approximate surface area is 167 Å². The molecule has 3 fully saturated rings.